The van der Waals surface area contributed by atoms with Crippen LogP contribution in [0.4, 0.5) is 4.39 Å². The van der Waals surface area contributed by atoms with E-state index in [1.54, 1.807) is 6.07 Å². The van der Waals surface area contributed by atoms with Gasteiger partial charge in [0.15, 0.2) is 0 Å². The summed E-state index contributed by atoms with van der Waals surface area (Å²) in [7, 11) is 0. The molecule has 100 valence electrons. The van der Waals surface area contributed by atoms with Gasteiger partial charge in [-0.1, -0.05) is 54.1 Å². The number of aryl methyl sites for hydroxylation is 1. The SMILES string of the molecule is OC(CCCc1cccc(F)c1Cl)c1ccccc1. The van der Waals surface area contributed by atoms with Gasteiger partial charge in [0, 0.05) is 0 Å². The molecule has 19 heavy (non-hydrogen) atoms. The number of aliphatic hydroxyl groups is 1. The normalized spacial score (nSPS) is 12.4. The Labute approximate surface area is 117 Å². The topological polar surface area (TPSA) is 20.2 Å². The Balaban J connectivity index is 1.88. The summed E-state index contributed by atoms with van der Waals surface area (Å²) in [5.74, 6) is -0.386. The molecule has 0 bridgehead atoms. The van der Waals surface area contributed by atoms with Crippen molar-refractivity contribution in [3.05, 3.63) is 70.5 Å². The van der Waals surface area contributed by atoms with Crippen LogP contribution in [0.15, 0.2) is 48.5 Å². The minimum atomic E-state index is -0.478. The van der Waals surface area contributed by atoms with Crippen molar-refractivity contribution in [1.29, 1.82) is 0 Å². The lowest BCUT2D eigenvalue weighted by atomic mass is 10.0. The Morgan fingerprint density at radius 3 is 2.53 bits per heavy atom. The van der Waals surface area contributed by atoms with Crippen LogP contribution in [-0.4, -0.2) is 5.11 Å². The second-order valence-corrected chi connectivity index (χ2v) is 4.91. The molecule has 0 saturated heterocycles. The van der Waals surface area contributed by atoms with Gasteiger partial charge in [0.1, 0.15) is 5.82 Å². The van der Waals surface area contributed by atoms with Crippen LogP contribution in [-0.2, 0) is 6.42 Å². The fourth-order valence-corrected chi connectivity index (χ4v) is 2.29. The molecular weight excluding hydrogens is 263 g/mol. The molecule has 0 radical (unpaired) electrons. The predicted octanol–water partition coefficient (Wildman–Crippen LogP) is 4.54. The number of halogens is 2. The molecular formula is C16H16ClFO. The van der Waals surface area contributed by atoms with Crippen molar-refractivity contribution < 1.29 is 9.50 Å². The van der Waals surface area contributed by atoms with Crippen LogP contribution in [0.2, 0.25) is 5.02 Å². The van der Waals surface area contributed by atoms with E-state index in [0.717, 1.165) is 17.5 Å². The molecule has 1 unspecified atom stereocenters. The second-order valence-electron chi connectivity index (χ2n) is 4.53. The average Bonchev–Trinajstić information content (AvgIpc) is 2.44. The van der Waals surface area contributed by atoms with Gasteiger partial charge >= 0.3 is 0 Å². The lowest BCUT2D eigenvalue weighted by molar-refractivity contribution is 0.164. The smallest absolute Gasteiger partial charge is 0.142 e. The van der Waals surface area contributed by atoms with Crippen molar-refractivity contribution in [3.8, 4) is 0 Å². The lowest BCUT2D eigenvalue weighted by Gasteiger charge is -2.11. The molecule has 2 aromatic rings. The van der Waals surface area contributed by atoms with E-state index in [2.05, 4.69) is 0 Å². The standard InChI is InChI=1S/C16H16ClFO/c17-16-13(8-4-10-14(16)18)9-5-11-15(19)12-6-2-1-3-7-12/h1-4,6-8,10,15,19H,5,9,11H2. The zero-order chi connectivity index (χ0) is 13.7. The predicted molar refractivity (Wildman–Crippen MR) is 75.7 cm³/mol. The van der Waals surface area contributed by atoms with Gasteiger partial charge in [-0.15, -0.1) is 0 Å². The average molecular weight is 279 g/mol. The van der Waals surface area contributed by atoms with Gasteiger partial charge in [0.2, 0.25) is 0 Å². The Morgan fingerprint density at radius 2 is 1.79 bits per heavy atom. The van der Waals surface area contributed by atoms with E-state index < -0.39 is 6.10 Å². The van der Waals surface area contributed by atoms with Crippen molar-refractivity contribution in [2.75, 3.05) is 0 Å². The van der Waals surface area contributed by atoms with E-state index in [0.29, 0.717) is 12.8 Å². The monoisotopic (exact) mass is 278 g/mol. The molecule has 0 saturated carbocycles. The summed E-state index contributed by atoms with van der Waals surface area (Å²) in [6.45, 7) is 0. The van der Waals surface area contributed by atoms with Gasteiger partial charge in [0.25, 0.3) is 0 Å². The molecule has 0 aliphatic carbocycles. The Kier molecular flexibility index (Phi) is 4.94. The van der Waals surface area contributed by atoms with E-state index in [4.69, 9.17) is 11.6 Å². The maximum absolute atomic E-state index is 13.2. The maximum Gasteiger partial charge on any atom is 0.142 e. The quantitative estimate of drug-likeness (QED) is 0.851. The van der Waals surface area contributed by atoms with Crippen LogP contribution in [0.3, 0.4) is 0 Å². The number of hydrogen-bond donors (Lipinski definition) is 1. The highest BCUT2D eigenvalue weighted by molar-refractivity contribution is 6.31. The van der Waals surface area contributed by atoms with Crippen LogP contribution < -0.4 is 0 Å². The van der Waals surface area contributed by atoms with Gasteiger partial charge in [-0.3, -0.25) is 0 Å². The van der Waals surface area contributed by atoms with E-state index in [1.165, 1.54) is 6.07 Å². The third-order valence-corrected chi connectivity index (χ3v) is 3.56. The molecule has 0 fully saturated rings. The van der Waals surface area contributed by atoms with E-state index in [9.17, 15) is 9.50 Å². The zero-order valence-corrected chi connectivity index (χ0v) is 11.3. The molecule has 0 aliphatic heterocycles. The number of hydrogen-bond acceptors (Lipinski definition) is 1. The highest BCUT2D eigenvalue weighted by atomic mass is 35.5. The van der Waals surface area contributed by atoms with Gasteiger partial charge in [0.05, 0.1) is 11.1 Å². The summed E-state index contributed by atoms with van der Waals surface area (Å²) in [5.41, 5.74) is 1.70. The minimum absolute atomic E-state index is 0.191. The maximum atomic E-state index is 13.2. The fraction of sp³-hybridized carbons (Fsp3) is 0.250. The van der Waals surface area contributed by atoms with Crippen LogP contribution in [0.5, 0.6) is 0 Å². The molecule has 0 heterocycles. The Bertz CT molecular complexity index is 528. The highest BCUT2D eigenvalue weighted by Gasteiger charge is 2.09. The molecule has 0 aliphatic rings. The van der Waals surface area contributed by atoms with Gasteiger partial charge in [-0.05, 0) is 36.5 Å². The summed E-state index contributed by atoms with van der Waals surface area (Å²) in [4.78, 5) is 0. The first-order valence-corrected chi connectivity index (χ1v) is 6.72. The minimum Gasteiger partial charge on any atom is -0.388 e. The first-order chi connectivity index (χ1) is 9.18. The van der Waals surface area contributed by atoms with Crippen LogP contribution in [0, 0.1) is 5.82 Å². The molecule has 0 aromatic heterocycles. The first-order valence-electron chi connectivity index (χ1n) is 6.34. The van der Waals surface area contributed by atoms with E-state index in [1.807, 2.05) is 36.4 Å². The van der Waals surface area contributed by atoms with Crippen molar-refractivity contribution in [1.82, 2.24) is 0 Å². The fourth-order valence-electron chi connectivity index (χ4n) is 2.07. The largest absolute Gasteiger partial charge is 0.388 e. The summed E-state index contributed by atoms with van der Waals surface area (Å²) < 4.78 is 13.2. The van der Waals surface area contributed by atoms with E-state index >= 15 is 0 Å². The van der Waals surface area contributed by atoms with Gasteiger partial charge < -0.3 is 5.11 Å². The highest BCUT2D eigenvalue weighted by Crippen LogP contribution is 2.24. The third-order valence-electron chi connectivity index (χ3n) is 3.14. The molecule has 0 spiro atoms. The van der Waals surface area contributed by atoms with Crippen LogP contribution in [0.25, 0.3) is 0 Å². The lowest BCUT2D eigenvalue weighted by Crippen LogP contribution is -1.98. The summed E-state index contributed by atoms with van der Waals surface area (Å²) in [6.07, 6.45) is 1.59. The number of aliphatic hydroxyl groups excluding tert-OH is 1. The zero-order valence-electron chi connectivity index (χ0n) is 10.5. The molecule has 1 atom stereocenters. The molecule has 1 nitrogen and oxygen atoms in total. The molecule has 3 heteroatoms. The summed E-state index contributed by atoms with van der Waals surface area (Å²) in [6, 6.07) is 14.4. The van der Waals surface area contributed by atoms with Crippen molar-refractivity contribution >= 4 is 11.6 Å². The van der Waals surface area contributed by atoms with Crippen molar-refractivity contribution in [2.24, 2.45) is 0 Å². The summed E-state index contributed by atoms with van der Waals surface area (Å²) in [5, 5.41) is 10.2. The van der Waals surface area contributed by atoms with Gasteiger partial charge in [-0.2, -0.15) is 0 Å². The number of rotatable bonds is 5. The molecule has 0 amide bonds. The Morgan fingerprint density at radius 1 is 1.05 bits per heavy atom. The number of benzene rings is 2. The molecule has 2 aromatic carbocycles. The first kappa shape index (κ1) is 14.0. The van der Waals surface area contributed by atoms with Crippen molar-refractivity contribution in [2.45, 2.75) is 25.4 Å². The third kappa shape index (κ3) is 3.79. The Hall–Kier alpha value is -1.38. The second kappa shape index (κ2) is 6.69. The summed E-state index contributed by atoms with van der Waals surface area (Å²) >= 11 is 5.89. The molecule has 2 rings (SSSR count). The van der Waals surface area contributed by atoms with E-state index in [-0.39, 0.29) is 10.8 Å². The van der Waals surface area contributed by atoms with Crippen molar-refractivity contribution in [3.63, 3.8) is 0 Å². The van der Waals surface area contributed by atoms with Crippen LogP contribution in [0.1, 0.15) is 30.1 Å². The van der Waals surface area contributed by atoms with Crippen LogP contribution >= 0.6 is 11.6 Å². The molecule has 1 N–H and O–H groups in total. The van der Waals surface area contributed by atoms with Gasteiger partial charge in [-0.25, -0.2) is 4.39 Å².